The van der Waals surface area contributed by atoms with Crippen molar-refractivity contribution < 1.29 is 4.79 Å². The van der Waals surface area contributed by atoms with Crippen LogP contribution in [0.5, 0.6) is 0 Å². The van der Waals surface area contributed by atoms with E-state index in [0.717, 1.165) is 23.8 Å². The summed E-state index contributed by atoms with van der Waals surface area (Å²) in [5, 5.41) is 1.12. The molecule has 0 aliphatic heterocycles. The predicted molar refractivity (Wildman–Crippen MR) is 66.1 cm³/mol. The van der Waals surface area contributed by atoms with Crippen LogP contribution in [0.1, 0.15) is 46.5 Å². The van der Waals surface area contributed by atoms with Crippen LogP contribution in [-0.4, -0.2) is 17.6 Å². The SMILES string of the molecule is CCCC(C)C(C)CCCN(N)C(=O)NN. The highest BCUT2D eigenvalue weighted by atomic mass is 16.2. The molecule has 2 amide bonds. The lowest BCUT2D eigenvalue weighted by molar-refractivity contribution is 0.195. The zero-order valence-electron chi connectivity index (χ0n) is 10.7. The van der Waals surface area contributed by atoms with E-state index in [4.69, 9.17) is 11.7 Å². The van der Waals surface area contributed by atoms with Gasteiger partial charge in [0.25, 0.3) is 0 Å². The van der Waals surface area contributed by atoms with Gasteiger partial charge in [0, 0.05) is 6.54 Å². The first-order chi connectivity index (χ1) is 7.52. The van der Waals surface area contributed by atoms with Crippen LogP contribution in [0.3, 0.4) is 0 Å². The molecule has 2 unspecified atom stereocenters. The second-order valence-electron chi connectivity index (χ2n) is 4.53. The summed E-state index contributed by atoms with van der Waals surface area (Å²) in [5.74, 6) is 11.9. The van der Waals surface area contributed by atoms with Crippen LogP contribution in [0, 0.1) is 11.8 Å². The first-order valence-electron chi connectivity index (χ1n) is 6.05. The van der Waals surface area contributed by atoms with Crippen LogP contribution in [-0.2, 0) is 0 Å². The van der Waals surface area contributed by atoms with Gasteiger partial charge in [-0.25, -0.2) is 16.5 Å². The first kappa shape index (κ1) is 15.2. The van der Waals surface area contributed by atoms with E-state index in [-0.39, 0.29) is 0 Å². The molecule has 96 valence electrons. The van der Waals surface area contributed by atoms with Gasteiger partial charge >= 0.3 is 6.03 Å². The van der Waals surface area contributed by atoms with Gasteiger partial charge in [0.15, 0.2) is 0 Å². The molecule has 0 saturated heterocycles. The largest absolute Gasteiger partial charge is 0.345 e. The Morgan fingerprint density at radius 2 is 1.88 bits per heavy atom. The molecule has 0 spiro atoms. The summed E-state index contributed by atoms with van der Waals surface area (Å²) in [5.41, 5.74) is 2.01. The average Bonchev–Trinajstić information content (AvgIpc) is 2.27. The monoisotopic (exact) mass is 230 g/mol. The van der Waals surface area contributed by atoms with E-state index in [2.05, 4.69) is 20.8 Å². The summed E-state index contributed by atoms with van der Waals surface area (Å²) in [6.45, 7) is 7.29. The summed E-state index contributed by atoms with van der Waals surface area (Å²) in [7, 11) is 0. The van der Waals surface area contributed by atoms with Gasteiger partial charge < -0.3 is 0 Å². The number of urea groups is 1. The zero-order valence-corrected chi connectivity index (χ0v) is 10.7. The standard InChI is InChI=1S/C11H26N4O/c1-4-6-9(2)10(3)7-5-8-15(13)11(16)14-12/h9-10H,4-8,12-13H2,1-3H3,(H,14,16). The number of carbonyl (C=O) groups is 1. The van der Waals surface area contributed by atoms with Gasteiger partial charge in [0.05, 0.1) is 0 Å². The molecule has 0 aromatic rings. The molecule has 0 aliphatic carbocycles. The minimum atomic E-state index is -0.436. The normalized spacial score (nSPS) is 14.3. The van der Waals surface area contributed by atoms with Crippen molar-refractivity contribution in [2.75, 3.05) is 6.54 Å². The van der Waals surface area contributed by atoms with E-state index in [0.29, 0.717) is 12.5 Å². The molecule has 0 aromatic heterocycles. The summed E-state index contributed by atoms with van der Waals surface area (Å²) in [4.78, 5) is 11.0. The quantitative estimate of drug-likeness (QED) is 0.353. The lowest BCUT2D eigenvalue weighted by Crippen LogP contribution is -2.47. The highest BCUT2D eigenvalue weighted by Crippen LogP contribution is 2.21. The highest BCUT2D eigenvalue weighted by molar-refractivity contribution is 5.72. The van der Waals surface area contributed by atoms with Crippen molar-refractivity contribution in [2.45, 2.75) is 46.5 Å². The molecule has 0 aliphatic rings. The number of rotatable bonds is 7. The van der Waals surface area contributed by atoms with Crippen molar-refractivity contribution in [1.29, 1.82) is 0 Å². The molecule has 0 aromatic carbocycles. The van der Waals surface area contributed by atoms with Gasteiger partial charge in [-0.2, -0.15) is 0 Å². The Kier molecular flexibility index (Phi) is 7.93. The molecule has 5 heteroatoms. The third-order valence-corrected chi connectivity index (χ3v) is 3.16. The van der Waals surface area contributed by atoms with Crippen molar-refractivity contribution in [3.8, 4) is 0 Å². The lowest BCUT2D eigenvalue weighted by atomic mass is 9.88. The van der Waals surface area contributed by atoms with E-state index in [9.17, 15) is 4.79 Å². The van der Waals surface area contributed by atoms with Gasteiger partial charge in [-0.1, -0.05) is 33.6 Å². The van der Waals surface area contributed by atoms with Crippen molar-refractivity contribution in [3.05, 3.63) is 0 Å². The van der Waals surface area contributed by atoms with Gasteiger partial charge in [-0.3, -0.25) is 10.4 Å². The molecule has 0 heterocycles. The van der Waals surface area contributed by atoms with Crippen molar-refractivity contribution >= 4 is 6.03 Å². The number of nitrogens with one attached hydrogen (secondary N) is 1. The number of nitrogens with two attached hydrogens (primary N) is 2. The van der Waals surface area contributed by atoms with Crippen LogP contribution in [0.25, 0.3) is 0 Å². The Bertz CT molecular complexity index is 198. The summed E-state index contributed by atoms with van der Waals surface area (Å²) >= 11 is 0. The Hall–Kier alpha value is -0.810. The molecule has 16 heavy (non-hydrogen) atoms. The van der Waals surface area contributed by atoms with Gasteiger partial charge in [0.1, 0.15) is 0 Å². The minimum absolute atomic E-state index is 0.436. The number of nitrogens with zero attached hydrogens (tertiary/aromatic N) is 1. The molecule has 0 saturated carbocycles. The zero-order chi connectivity index (χ0) is 12.6. The number of carbonyl (C=O) groups excluding carboxylic acids is 1. The van der Waals surface area contributed by atoms with Crippen LogP contribution < -0.4 is 17.1 Å². The molecule has 0 fully saturated rings. The Balaban J connectivity index is 3.68. The van der Waals surface area contributed by atoms with Crippen LogP contribution in [0.2, 0.25) is 0 Å². The van der Waals surface area contributed by atoms with Gasteiger partial charge in [-0.05, 0) is 24.7 Å². The van der Waals surface area contributed by atoms with Crippen LogP contribution >= 0.6 is 0 Å². The Labute approximate surface area is 98.5 Å². The number of hydrogen-bond acceptors (Lipinski definition) is 3. The van der Waals surface area contributed by atoms with Crippen molar-refractivity contribution in [1.82, 2.24) is 10.4 Å². The van der Waals surface area contributed by atoms with Crippen molar-refractivity contribution in [3.63, 3.8) is 0 Å². The molecule has 0 radical (unpaired) electrons. The predicted octanol–water partition coefficient (Wildman–Crippen LogP) is 1.60. The molecular weight excluding hydrogens is 204 g/mol. The van der Waals surface area contributed by atoms with Gasteiger partial charge in [-0.15, -0.1) is 0 Å². The molecule has 0 bridgehead atoms. The molecular formula is C11H26N4O. The molecule has 2 atom stereocenters. The molecule has 5 nitrogen and oxygen atoms in total. The van der Waals surface area contributed by atoms with E-state index in [1.54, 1.807) is 0 Å². The van der Waals surface area contributed by atoms with E-state index >= 15 is 0 Å². The third kappa shape index (κ3) is 5.92. The molecule has 0 rings (SSSR count). The summed E-state index contributed by atoms with van der Waals surface area (Å²) in [6, 6.07) is -0.436. The third-order valence-electron chi connectivity index (χ3n) is 3.16. The van der Waals surface area contributed by atoms with Gasteiger partial charge in [0.2, 0.25) is 0 Å². The fourth-order valence-electron chi connectivity index (χ4n) is 1.79. The fourth-order valence-corrected chi connectivity index (χ4v) is 1.79. The number of amides is 2. The Morgan fingerprint density at radius 1 is 1.31 bits per heavy atom. The van der Waals surface area contributed by atoms with Crippen LogP contribution in [0.15, 0.2) is 0 Å². The average molecular weight is 230 g/mol. The lowest BCUT2D eigenvalue weighted by Gasteiger charge is -2.21. The van der Waals surface area contributed by atoms with E-state index < -0.39 is 6.03 Å². The van der Waals surface area contributed by atoms with E-state index in [1.165, 1.54) is 12.8 Å². The van der Waals surface area contributed by atoms with E-state index in [1.807, 2.05) is 5.43 Å². The topological polar surface area (TPSA) is 84.4 Å². The number of hydrogen-bond donors (Lipinski definition) is 3. The van der Waals surface area contributed by atoms with Crippen LogP contribution in [0.4, 0.5) is 4.79 Å². The fraction of sp³-hybridized carbons (Fsp3) is 0.909. The maximum absolute atomic E-state index is 11.0. The summed E-state index contributed by atoms with van der Waals surface area (Å²) in [6.07, 6.45) is 4.49. The second-order valence-corrected chi connectivity index (χ2v) is 4.53. The maximum atomic E-state index is 11.0. The molecule has 5 N–H and O–H groups in total. The Morgan fingerprint density at radius 3 is 2.38 bits per heavy atom. The smallest absolute Gasteiger partial charge is 0.275 e. The minimum Gasteiger partial charge on any atom is -0.275 e. The summed E-state index contributed by atoms with van der Waals surface area (Å²) < 4.78 is 0. The second kappa shape index (κ2) is 8.35. The highest BCUT2D eigenvalue weighted by Gasteiger charge is 2.12. The number of hydrazine groups is 2. The maximum Gasteiger partial charge on any atom is 0.345 e. The first-order valence-corrected chi connectivity index (χ1v) is 6.05. The van der Waals surface area contributed by atoms with Crippen molar-refractivity contribution in [2.24, 2.45) is 23.5 Å².